The number of thiazole rings is 1. The smallest absolute Gasteiger partial charge is 0.308 e. The summed E-state index contributed by atoms with van der Waals surface area (Å²) in [7, 11) is 1.37. The van der Waals surface area contributed by atoms with Crippen LogP contribution in [0.1, 0.15) is 105 Å². The largest absolute Gasteiger partial charge is 0.469 e. The molecule has 5 heterocycles. The maximum Gasteiger partial charge on any atom is 0.308 e. The van der Waals surface area contributed by atoms with Gasteiger partial charge in [0.1, 0.15) is 29.0 Å². The van der Waals surface area contributed by atoms with Gasteiger partial charge < -0.3 is 20.3 Å². The fourth-order valence-corrected chi connectivity index (χ4v) is 10.9. The van der Waals surface area contributed by atoms with Crippen LogP contribution < -0.4 is 10.6 Å². The van der Waals surface area contributed by atoms with Gasteiger partial charge in [-0.25, -0.2) is 4.98 Å². The Labute approximate surface area is 397 Å². The SMILES string of the molecule is COC(=O)CC1N=C(c2ccc(-c3ccc(C(=O)NC(C(=O)N4CCCC4C(=O)NC(C)c4ccc(-c5scnc5C)cc4)c4ccccc4)cc3)cc2)c2c(sc(C)c2C)-n2c(C)nnc21. The number of aliphatic imine (C=N–C) groups is 1. The highest BCUT2D eigenvalue weighted by atomic mass is 32.1. The van der Waals surface area contributed by atoms with Gasteiger partial charge in [0.15, 0.2) is 5.82 Å². The number of likely N-dealkylation sites (tertiary alicyclic amines) is 1. The van der Waals surface area contributed by atoms with Crippen LogP contribution in [-0.2, 0) is 19.1 Å². The number of amides is 3. The Morgan fingerprint density at radius 2 is 1.48 bits per heavy atom. The van der Waals surface area contributed by atoms with Crippen molar-refractivity contribution in [3.05, 3.63) is 164 Å². The molecule has 4 atom stereocenters. The lowest BCUT2D eigenvalue weighted by atomic mass is 9.96. The Kier molecular flexibility index (Phi) is 12.8. The van der Waals surface area contributed by atoms with Gasteiger partial charge in [-0.3, -0.25) is 28.7 Å². The second-order valence-electron chi connectivity index (χ2n) is 17.0. The van der Waals surface area contributed by atoms with E-state index in [9.17, 15) is 19.2 Å². The van der Waals surface area contributed by atoms with E-state index in [-0.39, 0.29) is 30.2 Å². The summed E-state index contributed by atoms with van der Waals surface area (Å²) in [6.45, 7) is 10.4. The molecule has 2 aliphatic heterocycles. The van der Waals surface area contributed by atoms with Crippen molar-refractivity contribution in [2.24, 2.45) is 4.99 Å². The number of fused-ring (bicyclic) bond motifs is 3. The zero-order valence-electron chi connectivity index (χ0n) is 38.1. The highest BCUT2D eigenvalue weighted by Gasteiger charge is 2.39. The van der Waals surface area contributed by atoms with Gasteiger partial charge in [-0.2, -0.15) is 0 Å². The summed E-state index contributed by atoms with van der Waals surface area (Å²) in [5, 5.41) is 15.9. The number of ether oxygens (including phenoxy) is 1. The second kappa shape index (κ2) is 19.0. The third kappa shape index (κ3) is 8.96. The average Bonchev–Trinajstić information content (AvgIpc) is 4.15. The van der Waals surface area contributed by atoms with Crippen LogP contribution in [0.5, 0.6) is 0 Å². The molecule has 4 unspecified atom stereocenters. The maximum absolute atomic E-state index is 14.5. The zero-order chi connectivity index (χ0) is 46.9. The molecule has 0 radical (unpaired) electrons. The van der Waals surface area contributed by atoms with Gasteiger partial charge in [0.05, 0.1) is 41.4 Å². The third-order valence-electron chi connectivity index (χ3n) is 12.7. The molecular weight excluding hydrogens is 881 g/mol. The number of thiophene rings is 1. The molecule has 2 aliphatic rings. The number of esters is 1. The van der Waals surface area contributed by atoms with Crippen LogP contribution >= 0.6 is 22.7 Å². The minimum Gasteiger partial charge on any atom is -0.469 e. The number of nitrogens with zero attached hydrogens (tertiary/aromatic N) is 6. The molecule has 3 aromatic heterocycles. The molecule has 340 valence electrons. The van der Waals surface area contributed by atoms with Crippen molar-refractivity contribution in [3.63, 3.8) is 0 Å². The van der Waals surface area contributed by atoms with Crippen LogP contribution in [-0.4, -0.2) is 73.7 Å². The summed E-state index contributed by atoms with van der Waals surface area (Å²) in [5.41, 5.74) is 11.4. The van der Waals surface area contributed by atoms with E-state index < -0.39 is 24.0 Å². The summed E-state index contributed by atoms with van der Waals surface area (Å²) in [5.74, 6) is -0.0581. The molecule has 3 amide bonds. The zero-order valence-corrected chi connectivity index (χ0v) is 39.7. The molecule has 9 rings (SSSR count). The number of methoxy groups -OCH3 is 1. The van der Waals surface area contributed by atoms with Crippen molar-refractivity contribution in [1.82, 2.24) is 35.3 Å². The number of nitrogens with one attached hydrogen (secondary N) is 2. The van der Waals surface area contributed by atoms with Crippen molar-refractivity contribution in [2.75, 3.05) is 13.7 Å². The predicted molar refractivity (Wildman–Crippen MR) is 261 cm³/mol. The Morgan fingerprint density at radius 1 is 0.806 bits per heavy atom. The Balaban J connectivity index is 0.905. The minimum atomic E-state index is -1.01. The van der Waals surface area contributed by atoms with Gasteiger partial charge in [-0.1, -0.05) is 91.0 Å². The number of rotatable bonds is 12. The van der Waals surface area contributed by atoms with Gasteiger partial charge in [0, 0.05) is 28.1 Å². The van der Waals surface area contributed by atoms with Crippen LogP contribution in [0.4, 0.5) is 0 Å². The fourth-order valence-electron chi connectivity index (χ4n) is 8.91. The summed E-state index contributed by atoms with van der Waals surface area (Å²) < 4.78 is 7.05. The monoisotopic (exact) mass is 930 g/mol. The second-order valence-corrected chi connectivity index (χ2v) is 19.0. The molecule has 67 heavy (non-hydrogen) atoms. The molecule has 15 heteroatoms. The van der Waals surface area contributed by atoms with Crippen LogP contribution in [0.15, 0.2) is 114 Å². The van der Waals surface area contributed by atoms with Gasteiger partial charge in [0.25, 0.3) is 5.91 Å². The highest BCUT2D eigenvalue weighted by molar-refractivity contribution is 7.15. The van der Waals surface area contributed by atoms with E-state index in [0.29, 0.717) is 42.2 Å². The number of carbonyl (C=O) groups excluding carboxylic acids is 4. The van der Waals surface area contributed by atoms with Crippen molar-refractivity contribution >= 4 is 52.1 Å². The first-order chi connectivity index (χ1) is 32.4. The number of aromatic nitrogens is 4. The Morgan fingerprint density at radius 3 is 2.15 bits per heavy atom. The quantitative estimate of drug-likeness (QED) is 0.115. The first kappa shape index (κ1) is 45.1. The van der Waals surface area contributed by atoms with Crippen molar-refractivity contribution in [3.8, 4) is 26.6 Å². The summed E-state index contributed by atoms with van der Waals surface area (Å²) >= 11 is 3.24. The summed E-state index contributed by atoms with van der Waals surface area (Å²) in [4.78, 5) is 68.3. The molecule has 13 nitrogen and oxygen atoms in total. The van der Waals surface area contributed by atoms with E-state index >= 15 is 0 Å². The molecule has 0 bridgehead atoms. The molecule has 4 aromatic carbocycles. The topological polar surface area (TPSA) is 161 Å². The van der Waals surface area contributed by atoms with Crippen LogP contribution in [0.3, 0.4) is 0 Å². The standard InChI is InChI=1S/C52H50N8O5S2/c1-29-32(4)67-52-44(29)45(55-41(27-43(61)65-6)48-58-57-33(5)60(48)52)38-20-16-35(17-21-38)36-18-24-40(25-19-36)49(62)56-46(37-11-8-7-9-12-37)51(64)59-26-10-13-42(59)50(63)54-30(2)34-14-22-39(23-15-34)47-31(3)53-28-66-47/h7-9,11-12,14-25,28,30,41-42,46H,10,13,26-27H2,1-6H3,(H,54,63)(H,56,62). The van der Waals surface area contributed by atoms with Crippen LogP contribution in [0.25, 0.3) is 26.6 Å². The van der Waals surface area contributed by atoms with E-state index in [0.717, 1.165) is 65.1 Å². The Hall–Kier alpha value is -7.10. The Bertz CT molecular complexity index is 3010. The van der Waals surface area contributed by atoms with Gasteiger partial charge in [0.2, 0.25) is 11.8 Å². The number of aryl methyl sites for hydroxylation is 3. The average molecular weight is 931 g/mol. The summed E-state index contributed by atoms with van der Waals surface area (Å²) in [6, 6.07) is 30.0. The molecule has 0 saturated carbocycles. The minimum absolute atomic E-state index is 0.0181. The summed E-state index contributed by atoms with van der Waals surface area (Å²) in [6.07, 6.45) is 1.21. The first-order valence-corrected chi connectivity index (χ1v) is 23.9. The predicted octanol–water partition coefficient (Wildman–Crippen LogP) is 9.15. The molecule has 0 aliphatic carbocycles. The lowest BCUT2D eigenvalue weighted by molar-refractivity contribution is -0.141. The van der Waals surface area contributed by atoms with E-state index in [4.69, 9.17) is 9.73 Å². The van der Waals surface area contributed by atoms with Crippen molar-refractivity contribution in [1.29, 1.82) is 0 Å². The van der Waals surface area contributed by atoms with Crippen molar-refractivity contribution in [2.45, 2.75) is 78.0 Å². The number of hydrogen-bond donors (Lipinski definition) is 2. The fraction of sp³-hybridized carbons (Fsp3) is 0.269. The number of carbonyl (C=O) groups is 4. The molecule has 0 spiro atoms. The lowest BCUT2D eigenvalue weighted by Gasteiger charge is -2.30. The van der Waals surface area contributed by atoms with E-state index in [1.54, 1.807) is 39.7 Å². The van der Waals surface area contributed by atoms with E-state index in [1.807, 2.05) is 122 Å². The molecule has 2 N–H and O–H groups in total. The molecule has 1 saturated heterocycles. The number of benzene rings is 4. The van der Waals surface area contributed by atoms with Crippen LogP contribution in [0, 0.1) is 27.7 Å². The van der Waals surface area contributed by atoms with Gasteiger partial charge in [-0.05, 0) is 93.0 Å². The normalized spacial score (nSPS) is 16.3. The van der Waals surface area contributed by atoms with Gasteiger partial charge in [-0.15, -0.1) is 32.9 Å². The highest BCUT2D eigenvalue weighted by Crippen LogP contribution is 2.40. The molecular formula is C52H50N8O5S2. The van der Waals surface area contributed by atoms with Crippen LogP contribution in [0.2, 0.25) is 0 Å². The van der Waals surface area contributed by atoms with E-state index in [2.05, 4.69) is 39.7 Å². The maximum atomic E-state index is 14.5. The first-order valence-electron chi connectivity index (χ1n) is 22.2. The molecule has 7 aromatic rings. The van der Waals surface area contributed by atoms with Gasteiger partial charge >= 0.3 is 5.97 Å². The molecule has 1 fully saturated rings. The van der Waals surface area contributed by atoms with Crippen molar-refractivity contribution < 1.29 is 23.9 Å². The van der Waals surface area contributed by atoms with E-state index in [1.165, 1.54) is 7.11 Å². The third-order valence-corrected chi connectivity index (χ3v) is 14.9. The lowest BCUT2D eigenvalue weighted by Crippen LogP contribution is -2.50. The number of hydrogen-bond acceptors (Lipinski definition) is 11.